The van der Waals surface area contributed by atoms with Gasteiger partial charge in [-0.15, -0.1) is 0 Å². The van der Waals surface area contributed by atoms with E-state index >= 15 is 0 Å². The molecule has 3 N–H and O–H groups in total. The van der Waals surface area contributed by atoms with Crippen molar-refractivity contribution in [2.24, 2.45) is 16.7 Å². The van der Waals surface area contributed by atoms with Crippen molar-refractivity contribution in [1.82, 2.24) is 0 Å². The number of phenols is 1. The van der Waals surface area contributed by atoms with Crippen LogP contribution >= 0.6 is 0 Å². The Morgan fingerprint density at radius 2 is 0.954 bits per heavy atom. The summed E-state index contributed by atoms with van der Waals surface area (Å²) in [5, 5.41) is 30.6. The number of hydrogen-bond acceptors (Lipinski definition) is 6. The molecule has 1 aliphatic heterocycles. The molecular formula is C59H84O6. The Labute approximate surface area is 394 Å². The Hall–Kier alpha value is -4.20. The van der Waals surface area contributed by atoms with Crippen LogP contribution in [0.1, 0.15) is 164 Å². The van der Waals surface area contributed by atoms with Crippen LogP contribution in [0.4, 0.5) is 0 Å². The van der Waals surface area contributed by atoms with Crippen molar-refractivity contribution in [1.29, 1.82) is 0 Å². The first-order valence-electron chi connectivity index (χ1n) is 24.1. The zero-order valence-electron chi connectivity index (χ0n) is 43.0. The molecule has 0 radical (unpaired) electrons. The van der Waals surface area contributed by atoms with Crippen LogP contribution in [0.3, 0.4) is 0 Å². The molecule has 6 heteroatoms. The van der Waals surface area contributed by atoms with Crippen molar-refractivity contribution in [2.75, 3.05) is 19.8 Å². The van der Waals surface area contributed by atoms with Gasteiger partial charge in [0.25, 0.3) is 0 Å². The van der Waals surface area contributed by atoms with E-state index in [1.807, 2.05) is 92.7 Å². The molecule has 1 saturated heterocycles. The average molecular weight is 889 g/mol. The number of aliphatic hydroxyl groups is 2. The summed E-state index contributed by atoms with van der Waals surface area (Å²) in [7, 11) is 0. The summed E-state index contributed by atoms with van der Waals surface area (Å²) in [6, 6.07) is 26.0. The average Bonchev–Trinajstić information content (AvgIpc) is 3.25. The molecule has 0 saturated carbocycles. The van der Waals surface area contributed by atoms with Crippen LogP contribution in [0.25, 0.3) is 12.2 Å². The van der Waals surface area contributed by atoms with E-state index in [2.05, 4.69) is 115 Å². The number of aliphatic hydroxyl groups excluding tert-OH is 2. The second kappa shape index (κ2) is 22.1. The molecule has 0 aliphatic carbocycles. The summed E-state index contributed by atoms with van der Waals surface area (Å²) in [5.74, 6) is 0.998. The van der Waals surface area contributed by atoms with Gasteiger partial charge in [0.05, 0.1) is 32.0 Å². The van der Waals surface area contributed by atoms with Gasteiger partial charge in [-0.3, -0.25) is 0 Å². The normalized spacial score (nSPS) is 16.1. The lowest BCUT2D eigenvalue weighted by atomic mass is 9.70. The molecule has 5 rings (SSSR count). The minimum absolute atomic E-state index is 0.0716. The van der Waals surface area contributed by atoms with E-state index in [0.29, 0.717) is 25.6 Å². The fraction of sp³-hybridized carbons (Fsp3) is 0.525. The second-order valence-electron chi connectivity index (χ2n) is 21.2. The van der Waals surface area contributed by atoms with E-state index in [-0.39, 0.29) is 27.6 Å². The number of benzene rings is 4. The van der Waals surface area contributed by atoms with E-state index in [9.17, 15) is 15.3 Å². The van der Waals surface area contributed by atoms with E-state index in [1.54, 1.807) is 0 Å². The summed E-state index contributed by atoms with van der Waals surface area (Å²) in [6.45, 7) is 35.4. The molecule has 2 atom stereocenters. The lowest BCUT2D eigenvalue weighted by molar-refractivity contribution is -0.264. The minimum atomic E-state index is -0.502. The molecule has 356 valence electrons. The largest absolute Gasteiger partial charge is 0.508 e. The first-order chi connectivity index (χ1) is 30.4. The molecule has 2 unspecified atom stereocenters. The van der Waals surface area contributed by atoms with Gasteiger partial charge < -0.3 is 29.5 Å². The van der Waals surface area contributed by atoms with Crippen LogP contribution < -0.4 is 4.74 Å². The molecule has 0 spiro atoms. The molecular weight excluding hydrogens is 805 g/mol. The summed E-state index contributed by atoms with van der Waals surface area (Å²) in [4.78, 5) is 0. The summed E-state index contributed by atoms with van der Waals surface area (Å²) < 4.78 is 17.8. The SMILES string of the molecule is CCC(CC)(c1ccc(/C=C/C(O)C(C)(C)C)c(C)c1)c1ccc(OCC2COC(C)(C)OC2)c(C)c1.CCC(CC)(c1ccc(O)c(C)c1)c1ccc(/C=C/C(O)C(C)(C)C)c(C)c1. The van der Waals surface area contributed by atoms with Crippen LogP contribution in [0.15, 0.2) is 84.9 Å². The van der Waals surface area contributed by atoms with Crippen molar-refractivity contribution < 1.29 is 29.5 Å². The first kappa shape index (κ1) is 53.4. The zero-order valence-corrected chi connectivity index (χ0v) is 43.0. The molecule has 0 bridgehead atoms. The Balaban J connectivity index is 0.000000296. The minimum Gasteiger partial charge on any atom is -0.508 e. The maximum atomic E-state index is 10.4. The van der Waals surface area contributed by atoms with E-state index in [0.717, 1.165) is 53.7 Å². The quantitative estimate of drug-likeness (QED) is 0.110. The summed E-state index contributed by atoms with van der Waals surface area (Å²) >= 11 is 0. The van der Waals surface area contributed by atoms with Gasteiger partial charge in [-0.25, -0.2) is 0 Å². The molecule has 4 aromatic carbocycles. The number of aromatic hydroxyl groups is 1. The molecule has 6 nitrogen and oxygen atoms in total. The molecule has 1 aliphatic rings. The molecule has 1 heterocycles. The van der Waals surface area contributed by atoms with Gasteiger partial charge >= 0.3 is 0 Å². The van der Waals surface area contributed by atoms with E-state index < -0.39 is 18.0 Å². The van der Waals surface area contributed by atoms with Crippen molar-refractivity contribution in [3.8, 4) is 11.5 Å². The fourth-order valence-electron chi connectivity index (χ4n) is 8.85. The Morgan fingerprint density at radius 1 is 0.585 bits per heavy atom. The Morgan fingerprint density at radius 3 is 1.31 bits per heavy atom. The lowest BCUT2D eigenvalue weighted by Gasteiger charge is -2.35. The smallest absolute Gasteiger partial charge is 0.162 e. The van der Waals surface area contributed by atoms with Crippen LogP contribution in [-0.2, 0) is 20.3 Å². The molecule has 0 amide bonds. The van der Waals surface area contributed by atoms with Gasteiger partial charge in [-0.1, -0.05) is 154 Å². The number of rotatable bonds is 15. The maximum Gasteiger partial charge on any atom is 0.162 e. The topological polar surface area (TPSA) is 88.4 Å². The Kier molecular flexibility index (Phi) is 18.1. The predicted octanol–water partition coefficient (Wildman–Crippen LogP) is 14.1. The number of ether oxygens (including phenoxy) is 3. The van der Waals surface area contributed by atoms with E-state index in [4.69, 9.17) is 14.2 Å². The van der Waals surface area contributed by atoms with Crippen molar-refractivity contribution >= 4 is 12.2 Å². The monoisotopic (exact) mass is 889 g/mol. The van der Waals surface area contributed by atoms with Gasteiger partial charge in [0.2, 0.25) is 0 Å². The Bertz CT molecular complexity index is 2210. The summed E-state index contributed by atoms with van der Waals surface area (Å²) in [5.41, 5.74) is 11.5. The van der Waals surface area contributed by atoms with Crippen LogP contribution in [0.5, 0.6) is 11.5 Å². The highest BCUT2D eigenvalue weighted by molar-refractivity contribution is 5.58. The van der Waals surface area contributed by atoms with Crippen molar-refractivity contribution in [3.05, 3.63) is 141 Å². The van der Waals surface area contributed by atoms with Gasteiger partial charge in [0, 0.05) is 16.7 Å². The first-order valence-corrected chi connectivity index (χ1v) is 24.1. The highest BCUT2D eigenvalue weighted by Crippen LogP contribution is 2.43. The number of aryl methyl sites for hydroxylation is 4. The van der Waals surface area contributed by atoms with Crippen molar-refractivity contribution in [2.45, 2.75) is 165 Å². The van der Waals surface area contributed by atoms with Gasteiger partial charge in [0.15, 0.2) is 5.79 Å². The molecule has 0 aromatic heterocycles. The van der Waals surface area contributed by atoms with Crippen LogP contribution in [-0.4, -0.2) is 53.1 Å². The highest BCUT2D eigenvalue weighted by atomic mass is 16.7. The third-order valence-electron chi connectivity index (χ3n) is 14.0. The number of hydrogen-bond donors (Lipinski definition) is 3. The lowest BCUT2D eigenvalue weighted by Crippen LogP contribution is -2.41. The fourth-order valence-corrected chi connectivity index (χ4v) is 8.85. The van der Waals surface area contributed by atoms with Gasteiger partial charge in [-0.2, -0.15) is 0 Å². The van der Waals surface area contributed by atoms with Gasteiger partial charge in [0.1, 0.15) is 11.5 Å². The third kappa shape index (κ3) is 13.2. The predicted molar refractivity (Wildman–Crippen MR) is 273 cm³/mol. The van der Waals surface area contributed by atoms with Crippen LogP contribution in [0.2, 0.25) is 0 Å². The third-order valence-corrected chi connectivity index (χ3v) is 14.0. The van der Waals surface area contributed by atoms with Crippen molar-refractivity contribution in [3.63, 3.8) is 0 Å². The molecule has 4 aromatic rings. The highest BCUT2D eigenvalue weighted by Gasteiger charge is 2.34. The van der Waals surface area contributed by atoms with E-state index in [1.165, 1.54) is 33.4 Å². The summed E-state index contributed by atoms with van der Waals surface area (Å²) in [6.07, 6.45) is 10.9. The van der Waals surface area contributed by atoms with Crippen LogP contribution in [0, 0.1) is 44.4 Å². The number of phenolic OH excluding ortho intramolecular Hbond substituents is 1. The van der Waals surface area contributed by atoms with Gasteiger partial charge in [-0.05, 0) is 146 Å². The zero-order chi connectivity index (χ0) is 48.5. The second-order valence-corrected chi connectivity index (χ2v) is 21.2. The maximum absolute atomic E-state index is 10.4. The molecule has 1 fully saturated rings. The standard InChI is InChI=1S/C33H48O4.C26H36O2/c1-10-33(11-2,27-14-12-26(23(3)18-27)13-17-30(34)31(5,6)7)28-15-16-29(24(4)19-28)35-20-25-21-36-32(8,9)37-22-25;1-8-26(9-2,22-13-14-23(27)19(4)17-22)21-12-10-20(18(3)16-21)11-15-24(28)25(5,6)7/h12-19,25,30,34H,10-11,20-22H2,1-9H3;10-17,24,27-28H,8-9H2,1-7H3/b17-13+;15-11+. The molecule has 65 heavy (non-hydrogen) atoms.